The third-order valence-electron chi connectivity index (χ3n) is 2.31. The van der Waals surface area contributed by atoms with Crippen molar-refractivity contribution in [2.75, 3.05) is 18.9 Å². The number of hydrogen-bond acceptors (Lipinski definition) is 7. The van der Waals surface area contributed by atoms with Gasteiger partial charge in [-0.05, 0) is 0 Å². The summed E-state index contributed by atoms with van der Waals surface area (Å²) < 4.78 is 5.89. The summed E-state index contributed by atoms with van der Waals surface area (Å²) in [5, 5.41) is 18.5. The van der Waals surface area contributed by atoms with E-state index in [1.54, 1.807) is 0 Å². The van der Waals surface area contributed by atoms with Crippen molar-refractivity contribution in [1.82, 2.24) is 9.71 Å². The van der Waals surface area contributed by atoms with Crippen molar-refractivity contribution in [1.29, 1.82) is 0 Å². The van der Waals surface area contributed by atoms with E-state index in [1.165, 1.54) is 12.3 Å². The average Bonchev–Trinajstić information content (AvgIpc) is 2.64. The molecule has 1 radical (unpaired) electrons. The average molecular weight is 242 g/mol. The molecule has 0 aliphatic carbocycles. The van der Waals surface area contributed by atoms with Crippen LogP contribution in [0.15, 0.2) is 17.1 Å². The molecule has 1 fully saturated rings. The Kier molecular flexibility index (Phi) is 3.27. The van der Waals surface area contributed by atoms with Crippen LogP contribution in [0, 0.1) is 6.10 Å². The van der Waals surface area contributed by atoms with Crippen molar-refractivity contribution in [2.24, 2.45) is 0 Å². The van der Waals surface area contributed by atoms with E-state index < -0.39 is 17.9 Å². The van der Waals surface area contributed by atoms with E-state index in [0.29, 0.717) is 0 Å². The first-order valence-electron chi connectivity index (χ1n) is 4.92. The number of hydrogen-bond donors (Lipinski definition) is 3. The highest BCUT2D eigenvalue weighted by Crippen LogP contribution is 2.21. The van der Waals surface area contributed by atoms with Crippen LogP contribution in [0.3, 0.4) is 0 Å². The quantitative estimate of drug-likeness (QED) is 0.556. The summed E-state index contributed by atoms with van der Waals surface area (Å²) in [5.74, 6) is 0.0824. The highest BCUT2D eigenvalue weighted by molar-refractivity contribution is 5.23. The van der Waals surface area contributed by atoms with Crippen molar-refractivity contribution in [3.05, 3.63) is 28.9 Å². The Morgan fingerprint density at radius 2 is 2.47 bits per heavy atom. The summed E-state index contributed by atoms with van der Waals surface area (Å²) in [5.41, 5.74) is 4.62. The lowest BCUT2D eigenvalue weighted by molar-refractivity contribution is 0.00735. The first-order chi connectivity index (χ1) is 8.11. The molecule has 1 aromatic rings. The lowest BCUT2D eigenvalue weighted by atomic mass is 10.2. The second-order valence-electron chi connectivity index (χ2n) is 3.48. The van der Waals surface area contributed by atoms with E-state index in [2.05, 4.69) is 4.98 Å². The largest absolute Gasteiger partial charge is 0.400 e. The summed E-state index contributed by atoms with van der Waals surface area (Å²) in [4.78, 5) is 20.0. The molecule has 0 bridgehead atoms. The minimum Gasteiger partial charge on any atom is -0.400 e. The van der Waals surface area contributed by atoms with Gasteiger partial charge >= 0.3 is 5.69 Å². The number of nitrogen functional groups attached to an aromatic ring is 1. The van der Waals surface area contributed by atoms with Crippen molar-refractivity contribution in [2.45, 2.75) is 12.2 Å². The predicted octanol–water partition coefficient (Wildman–Crippen LogP) is -2.08. The number of aromatic nitrogens is 2. The molecule has 2 heterocycles. The zero-order valence-electron chi connectivity index (χ0n) is 8.81. The minimum atomic E-state index is -0.810. The van der Waals surface area contributed by atoms with Gasteiger partial charge in [0.15, 0.2) is 12.2 Å². The Morgan fingerprint density at radius 1 is 1.71 bits per heavy atom. The fraction of sp³-hybridized carbons (Fsp3) is 0.444. The van der Waals surface area contributed by atoms with Crippen LogP contribution >= 0.6 is 0 Å². The third-order valence-corrected chi connectivity index (χ3v) is 2.31. The van der Waals surface area contributed by atoms with Crippen LogP contribution in [0.4, 0.5) is 5.82 Å². The normalized spacial score (nSPS) is 25.1. The summed E-state index contributed by atoms with van der Waals surface area (Å²) in [6, 6.07) is 1.39. The van der Waals surface area contributed by atoms with Gasteiger partial charge in [0.2, 0.25) is 0 Å². The van der Waals surface area contributed by atoms with Crippen molar-refractivity contribution in [3.63, 3.8) is 0 Å². The summed E-state index contributed by atoms with van der Waals surface area (Å²) in [6.45, 7) is -0.297. The van der Waals surface area contributed by atoms with E-state index in [1.807, 2.05) is 0 Å². The lowest BCUT2D eigenvalue weighted by Crippen LogP contribution is -2.38. The second-order valence-corrected chi connectivity index (χ2v) is 3.48. The van der Waals surface area contributed by atoms with E-state index in [9.17, 15) is 9.90 Å². The number of nitrogens with two attached hydrogens (primary N) is 1. The monoisotopic (exact) mass is 242 g/mol. The molecular weight excluding hydrogens is 230 g/mol. The molecule has 8 heteroatoms. The van der Waals surface area contributed by atoms with E-state index in [-0.39, 0.29) is 25.1 Å². The maximum atomic E-state index is 11.4. The van der Waals surface area contributed by atoms with Gasteiger partial charge in [-0.1, -0.05) is 0 Å². The van der Waals surface area contributed by atoms with Gasteiger partial charge in [0.1, 0.15) is 11.9 Å². The maximum Gasteiger partial charge on any atom is 0.382 e. The zero-order chi connectivity index (χ0) is 12.4. The first kappa shape index (κ1) is 11.8. The van der Waals surface area contributed by atoms with E-state index >= 15 is 0 Å². The van der Waals surface area contributed by atoms with Crippen molar-refractivity contribution < 1.29 is 19.8 Å². The van der Waals surface area contributed by atoms with Gasteiger partial charge in [0.05, 0.1) is 19.4 Å². The number of anilines is 1. The van der Waals surface area contributed by atoms with Gasteiger partial charge in [-0.25, -0.2) is 4.79 Å². The topological polar surface area (TPSA) is 120 Å². The van der Waals surface area contributed by atoms with Gasteiger partial charge in [0, 0.05) is 6.07 Å². The molecule has 4 N–H and O–H groups in total. The third kappa shape index (κ3) is 2.38. The molecule has 17 heavy (non-hydrogen) atoms. The molecule has 2 rings (SSSR count). The van der Waals surface area contributed by atoms with Crippen LogP contribution in [0.25, 0.3) is 0 Å². The summed E-state index contributed by atoms with van der Waals surface area (Å²) in [7, 11) is 0. The Bertz CT molecular complexity index is 449. The maximum absolute atomic E-state index is 11.4. The highest BCUT2D eigenvalue weighted by atomic mass is 16.7. The smallest absolute Gasteiger partial charge is 0.382 e. The Morgan fingerprint density at radius 3 is 3.06 bits per heavy atom. The molecule has 0 spiro atoms. The molecular formula is C9H12N3O5. The van der Waals surface area contributed by atoms with Crippen LogP contribution in [0.5, 0.6) is 0 Å². The van der Waals surface area contributed by atoms with Crippen LogP contribution in [0.1, 0.15) is 0 Å². The van der Waals surface area contributed by atoms with Crippen molar-refractivity contribution in [3.8, 4) is 0 Å². The fourth-order valence-electron chi connectivity index (χ4n) is 1.43. The molecule has 1 aliphatic heterocycles. The van der Waals surface area contributed by atoms with Gasteiger partial charge in [-0.2, -0.15) is 4.98 Å². The number of aliphatic hydroxyl groups excluding tert-OH is 2. The summed E-state index contributed by atoms with van der Waals surface area (Å²) >= 11 is 0. The molecule has 1 saturated heterocycles. The number of rotatable bonds is 3. The number of nitrogens with zero attached hydrogens (tertiary/aromatic N) is 2. The van der Waals surface area contributed by atoms with Crippen LogP contribution < -0.4 is 16.3 Å². The molecule has 93 valence electrons. The Hall–Kier alpha value is -1.64. The zero-order valence-corrected chi connectivity index (χ0v) is 8.81. The SMILES string of the molecule is Nc1ccn(O[C@@H]2CO[C@H](CO)[C]2O)c(=O)n1. The predicted molar refractivity (Wildman–Crippen MR) is 55.3 cm³/mol. The van der Waals surface area contributed by atoms with E-state index in [4.69, 9.17) is 20.4 Å². The molecule has 0 saturated carbocycles. The Balaban J connectivity index is 2.09. The van der Waals surface area contributed by atoms with E-state index in [0.717, 1.165) is 4.73 Å². The van der Waals surface area contributed by atoms with Gasteiger partial charge in [0.25, 0.3) is 0 Å². The second kappa shape index (κ2) is 4.70. The van der Waals surface area contributed by atoms with Crippen LogP contribution in [0.2, 0.25) is 0 Å². The molecule has 0 amide bonds. The molecule has 0 aromatic carbocycles. The Labute approximate surface area is 96.2 Å². The molecule has 2 atom stereocenters. The number of ether oxygens (including phenoxy) is 1. The van der Waals surface area contributed by atoms with Crippen molar-refractivity contribution >= 4 is 5.82 Å². The minimum absolute atomic E-state index is 0.0495. The summed E-state index contributed by atoms with van der Waals surface area (Å²) in [6.07, 6.45) is -0.450. The standard InChI is InChI=1S/C9H12N3O5/c10-7-1-2-12(9(15)11-7)17-6-4-16-5(3-13)8(6)14/h1-2,5-6,13-14H,3-4H2,(H2,10,11,15)/t5-,6-/m1/s1. The fourth-order valence-corrected chi connectivity index (χ4v) is 1.43. The first-order valence-corrected chi connectivity index (χ1v) is 4.92. The highest BCUT2D eigenvalue weighted by Gasteiger charge is 2.39. The van der Waals surface area contributed by atoms with Gasteiger partial charge in [-0.3, -0.25) is 0 Å². The van der Waals surface area contributed by atoms with Crippen LogP contribution in [-0.2, 0) is 4.74 Å². The molecule has 1 aromatic heterocycles. The van der Waals surface area contributed by atoms with Crippen LogP contribution in [-0.4, -0.2) is 45.3 Å². The van der Waals surface area contributed by atoms with Gasteiger partial charge < -0.3 is 25.5 Å². The molecule has 1 aliphatic rings. The molecule has 8 nitrogen and oxygen atoms in total. The number of aliphatic hydroxyl groups is 2. The lowest BCUT2D eigenvalue weighted by Gasteiger charge is -2.16. The molecule has 0 unspecified atom stereocenters. The van der Waals surface area contributed by atoms with Gasteiger partial charge in [-0.15, -0.1) is 4.73 Å².